The van der Waals surface area contributed by atoms with Gasteiger partial charge in [0.25, 0.3) is 0 Å². The van der Waals surface area contributed by atoms with Crippen molar-refractivity contribution in [2.24, 2.45) is 5.73 Å². The number of para-hydroxylation sites is 1. The maximum absolute atomic E-state index is 6.09. The Morgan fingerprint density at radius 2 is 1.78 bits per heavy atom. The van der Waals surface area contributed by atoms with Gasteiger partial charge < -0.3 is 10.5 Å². The van der Waals surface area contributed by atoms with Crippen molar-refractivity contribution in [1.82, 2.24) is 0 Å². The van der Waals surface area contributed by atoms with E-state index in [1.54, 1.807) is 0 Å². The molecule has 2 rings (SSSR count). The Morgan fingerprint density at radius 1 is 1.11 bits per heavy atom. The van der Waals surface area contributed by atoms with Crippen LogP contribution in [-0.4, -0.2) is 0 Å². The third kappa shape index (κ3) is 3.03. The van der Waals surface area contributed by atoms with Gasteiger partial charge in [0.1, 0.15) is 12.4 Å². The molecule has 0 heterocycles. The number of hydrogen-bond donors (Lipinski definition) is 1. The van der Waals surface area contributed by atoms with Crippen molar-refractivity contribution in [2.45, 2.75) is 19.6 Å². The lowest BCUT2D eigenvalue weighted by Crippen LogP contribution is -2.08. The van der Waals surface area contributed by atoms with Gasteiger partial charge in [-0.2, -0.15) is 0 Å². The van der Waals surface area contributed by atoms with Crippen molar-refractivity contribution >= 4 is 11.6 Å². The van der Waals surface area contributed by atoms with E-state index in [9.17, 15) is 0 Å². The van der Waals surface area contributed by atoms with Crippen LogP contribution in [0.4, 0.5) is 0 Å². The molecule has 1 atom stereocenters. The number of hydrogen-bond acceptors (Lipinski definition) is 2. The maximum atomic E-state index is 6.09. The largest absolute Gasteiger partial charge is 0.489 e. The van der Waals surface area contributed by atoms with Crippen molar-refractivity contribution in [3.63, 3.8) is 0 Å². The fourth-order valence-electron chi connectivity index (χ4n) is 1.76. The average molecular weight is 262 g/mol. The quantitative estimate of drug-likeness (QED) is 0.905. The van der Waals surface area contributed by atoms with Gasteiger partial charge in [-0.15, -0.1) is 0 Å². The maximum Gasteiger partial charge on any atom is 0.124 e. The average Bonchev–Trinajstić information content (AvgIpc) is 2.38. The van der Waals surface area contributed by atoms with Crippen LogP contribution in [0.2, 0.25) is 5.02 Å². The van der Waals surface area contributed by atoms with Gasteiger partial charge in [0, 0.05) is 22.2 Å². The summed E-state index contributed by atoms with van der Waals surface area (Å²) in [5.74, 6) is 0.812. The van der Waals surface area contributed by atoms with Crippen molar-refractivity contribution in [3.05, 3.63) is 64.7 Å². The van der Waals surface area contributed by atoms with Crippen LogP contribution in [-0.2, 0) is 6.61 Å². The molecule has 0 aliphatic carbocycles. The number of benzene rings is 2. The molecule has 2 N–H and O–H groups in total. The molecule has 18 heavy (non-hydrogen) atoms. The highest BCUT2D eigenvalue weighted by Crippen LogP contribution is 2.25. The fourth-order valence-corrected chi connectivity index (χ4v) is 1.95. The van der Waals surface area contributed by atoms with E-state index in [1.807, 2.05) is 55.5 Å². The van der Waals surface area contributed by atoms with E-state index in [0.29, 0.717) is 6.61 Å². The molecule has 0 radical (unpaired) electrons. The number of nitrogens with two attached hydrogens (primary N) is 1. The van der Waals surface area contributed by atoms with E-state index < -0.39 is 0 Å². The van der Waals surface area contributed by atoms with Crippen LogP contribution in [0.1, 0.15) is 24.1 Å². The summed E-state index contributed by atoms with van der Waals surface area (Å²) in [6.45, 7) is 2.39. The van der Waals surface area contributed by atoms with Crippen LogP contribution in [0, 0.1) is 0 Å². The summed E-state index contributed by atoms with van der Waals surface area (Å²) in [4.78, 5) is 0. The Morgan fingerprint density at radius 3 is 2.50 bits per heavy atom. The normalized spacial score (nSPS) is 12.2. The van der Waals surface area contributed by atoms with Gasteiger partial charge in [-0.3, -0.25) is 0 Å². The van der Waals surface area contributed by atoms with Crippen LogP contribution in [0.25, 0.3) is 0 Å². The summed E-state index contributed by atoms with van der Waals surface area (Å²) in [6, 6.07) is 15.4. The zero-order chi connectivity index (χ0) is 13.0. The molecule has 0 amide bonds. The monoisotopic (exact) mass is 261 g/mol. The van der Waals surface area contributed by atoms with Crippen LogP contribution >= 0.6 is 11.6 Å². The molecule has 2 aromatic rings. The Hall–Kier alpha value is -1.51. The van der Waals surface area contributed by atoms with E-state index in [4.69, 9.17) is 22.1 Å². The summed E-state index contributed by atoms with van der Waals surface area (Å²) >= 11 is 6.09. The number of ether oxygens (including phenoxy) is 1. The first kappa shape index (κ1) is 12.9. The lowest BCUT2D eigenvalue weighted by atomic mass is 10.1. The minimum atomic E-state index is -0.0487. The second kappa shape index (κ2) is 5.89. The number of rotatable bonds is 4. The van der Waals surface area contributed by atoms with E-state index in [-0.39, 0.29) is 6.04 Å². The van der Waals surface area contributed by atoms with Gasteiger partial charge in [0.2, 0.25) is 0 Å². The Balaban J connectivity index is 2.14. The molecular weight excluding hydrogens is 246 g/mol. The van der Waals surface area contributed by atoms with Crippen LogP contribution in [0.15, 0.2) is 48.5 Å². The standard InChI is InChI=1S/C15H16ClNO/c1-11(17)13-7-3-5-9-15(13)18-10-12-6-2-4-8-14(12)16/h2-9,11H,10,17H2,1H3/t11-/m0/s1. The van der Waals surface area contributed by atoms with Crippen LogP contribution < -0.4 is 10.5 Å². The van der Waals surface area contributed by atoms with Gasteiger partial charge >= 0.3 is 0 Å². The predicted molar refractivity (Wildman–Crippen MR) is 74.8 cm³/mol. The Bertz CT molecular complexity index is 525. The highest BCUT2D eigenvalue weighted by atomic mass is 35.5. The summed E-state index contributed by atoms with van der Waals surface area (Å²) in [5, 5.41) is 0.718. The first-order chi connectivity index (χ1) is 8.68. The van der Waals surface area contributed by atoms with Crippen LogP contribution in [0.5, 0.6) is 5.75 Å². The molecule has 0 spiro atoms. The van der Waals surface area contributed by atoms with Gasteiger partial charge in [0.05, 0.1) is 0 Å². The third-order valence-corrected chi connectivity index (χ3v) is 3.12. The lowest BCUT2D eigenvalue weighted by Gasteiger charge is -2.14. The fraction of sp³-hybridized carbons (Fsp3) is 0.200. The molecule has 0 bridgehead atoms. The predicted octanol–water partition coefficient (Wildman–Crippen LogP) is 3.94. The first-order valence-electron chi connectivity index (χ1n) is 5.89. The minimum Gasteiger partial charge on any atom is -0.489 e. The highest BCUT2D eigenvalue weighted by molar-refractivity contribution is 6.31. The minimum absolute atomic E-state index is 0.0487. The SMILES string of the molecule is C[C@H](N)c1ccccc1OCc1ccccc1Cl. The van der Waals surface area contributed by atoms with Crippen molar-refractivity contribution in [1.29, 1.82) is 0 Å². The Labute approximate surface area is 112 Å². The van der Waals surface area contributed by atoms with Gasteiger partial charge in [-0.1, -0.05) is 48.0 Å². The molecule has 0 saturated carbocycles. The summed E-state index contributed by atoms with van der Waals surface area (Å²) in [7, 11) is 0. The summed E-state index contributed by atoms with van der Waals surface area (Å²) in [6.07, 6.45) is 0. The molecule has 0 aliphatic heterocycles. The van der Waals surface area contributed by atoms with Crippen molar-refractivity contribution in [3.8, 4) is 5.75 Å². The topological polar surface area (TPSA) is 35.2 Å². The van der Waals surface area contributed by atoms with Crippen molar-refractivity contribution in [2.75, 3.05) is 0 Å². The molecule has 0 saturated heterocycles. The second-order valence-corrected chi connectivity index (χ2v) is 4.61. The van der Waals surface area contributed by atoms with Crippen LogP contribution in [0.3, 0.4) is 0 Å². The van der Waals surface area contributed by atoms with E-state index in [1.165, 1.54) is 0 Å². The number of halogens is 1. The molecule has 0 fully saturated rings. The molecule has 3 heteroatoms. The first-order valence-corrected chi connectivity index (χ1v) is 6.27. The zero-order valence-corrected chi connectivity index (χ0v) is 11.0. The van der Waals surface area contributed by atoms with Gasteiger partial charge in [0.15, 0.2) is 0 Å². The van der Waals surface area contributed by atoms with E-state index in [2.05, 4.69) is 0 Å². The molecule has 2 nitrogen and oxygen atoms in total. The van der Waals surface area contributed by atoms with Gasteiger partial charge in [-0.25, -0.2) is 0 Å². The smallest absolute Gasteiger partial charge is 0.124 e. The van der Waals surface area contributed by atoms with E-state index in [0.717, 1.165) is 21.9 Å². The molecule has 0 aromatic heterocycles. The van der Waals surface area contributed by atoms with Crippen molar-refractivity contribution < 1.29 is 4.74 Å². The third-order valence-electron chi connectivity index (χ3n) is 2.75. The highest BCUT2D eigenvalue weighted by Gasteiger charge is 2.07. The molecule has 94 valence electrons. The van der Waals surface area contributed by atoms with E-state index >= 15 is 0 Å². The molecule has 2 aromatic carbocycles. The van der Waals surface area contributed by atoms with Gasteiger partial charge in [-0.05, 0) is 19.1 Å². The second-order valence-electron chi connectivity index (χ2n) is 4.21. The lowest BCUT2D eigenvalue weighted by molar-refractivity contribution is 0.301. The Kier molecular flexibility index (Phi) is 4.24. The molecular formula is C15H16ClNO. The summed E-state index contributed by atoms with van der Waals surface area (Å²) < 4.78 is 5.80. The summed E-state index contributed by atoms with van der Waals surface area (Å²) in [5.41, 5.74) is 7.88. The molecule has 0 aliphatic rings. The molecule has 0 unspecified atom stereocenters. The zero-order valence-electron chi connectivity index (χ0n) is 10.3.